The minimum Gasteiger partial charge on any atom is -0.372 e. The number of piperazine rings is 1. The van der Waals surface area contributed by atoms with E-state index >= 15 is 0 Å². The molecule has 2 heteroatoms. The molecular formula is C7H12N2. The third-order valence-electron chi connectivity index (χ3n) is 2.05. The van der Waals surface area contributed by atoms with Crippen LogP contribution in [0.2, 0.25) is 0 Å². The number of fused-ring (bicyclic) bond motifs is 1. The van der Waals surface area contributed by atoms with Crippen molar-refractivity contribution >= 4 is 0 Å². The Balaban J connectivity index is 2.09. The van der Waals surface area contributed by atoms with Crippen molar-refractivity contribution in [2.45, 2.75) is 6.42 Å². The summed E-state index contributed by atoms with van der Waals surface area (Å²) in [4.78, 5) is 2.47. The van der Waals surface area contributed by atoms with E-state index in [2.05, 4.69) is 16.3 Å². The molecule has 0 unspecified atom stereocenters. The molecule has 2 rings (SSSR count). The zero-order valence-electron chi connectivity index (χ0n) is 5.56. The van der Waals surface area contributed by atoms with E-state index in [1.807, 2.05) is 0 Å². The van der Waals surface area contributed by atoms with E-state index in [0.29, 0.717) is 0 Å². The first-order valence-corrected chi connectivity index (χ1v) is 3.61. The van der Waals surface area contributed by atoms with Crippen LogP contribution in [0.4, 0.5) is 0 Å². The Morgan fingerprint density at radius 3 is 3.33 bits per heavy atom. The lowest BCUT2D eigenvalue weighted by molar-refractivity contribution is 0.329. The highest BCUT2D eigenvalue weighted by Crippen LogP contribution is 2.14. The second-order valence-corrected chi connectivity index (χ2v) is 2.65. The van der Waals surface area contributed by atoms with E-state index in [1.165, 1.54) is 25.2 Å². The fourth-order valence-corrected chi connectivity index (χ4v) is 1.53. The molecule has 2 aliphatic rings. The average molecular weight is 124 g/mol. The van der Waals surface area contributed by atoms with Crippen molar-refractivity contribution in [3.63, 3.8) is 0 Å². The highest BCUT2D eigenvalue weighted by Gasteiger charge is 2.16. The SMILES string of the molecule is C1=C2CNCCN2CC1. The summed E-state index contributed by atoms with van der Waals surface area (Å²) in [7, 11) is 0. The van der Waals surface area contributed by atoms with E-state index in [1.54, 1.807) is 0 Å². The van der Waals surface area contributed by atoms with Gasteiger partial charge in [0.05, 0.1) is 0 Å². The van der Waals surface area contributed by atoms with E-state index in [-0.39, 0.29) is 0 Å². The van der Waals surface area contributed by atoms with Gasteiger partial charge in [0.15, 0.2) is 0 Å². The molecule has 0 radical (unpaired) electrons. The molecule has 0 aromatic rings. The standard InChI is InChI=1S/C7H12N2/c1-2-7-6-8-3-5-9(7)4-1/h2,8H,1,3-6H2. The Hall–Kier alpha value is -0.500. The van der Waals surface area contributed by atoms with Gasteiger partial charge in [0, 0.05) is 31.9 Å². The van der Waals surface area contributed by atoms with Crippen molar-refractivity contribution in [3.05, 3.63) is 11.8 Å². The fraction of sp³-hybridized carbons (Fsp3) is 0.714. The lowest BCUT2D eigenvalue weighted by Crippen LogP contribution is -2.39. The van der Waals surface area contributed by atoms with Gasteiger partial charge >= 0.3 is 0 Å². The summed E-state index contributed by atoms with van der Waals surface area (Å²) >= 11 is 0. The van der Waals surface area contributed by atoms with Crippen LogP contribution in [0.15, 0.2) is 11.8 Å². The maximum atomic E-state index is 3.35. The minimum absolute atomic E-state index is 1.10. The second kappa shape index (κ2) is 2.03. The van der Waals surface area contributed by atoms with Crippen molar-refractivity contribution < 1.29 is 0 Å². The topological polar surface area (TPSA) is 15.3 Å². The van der Waals surface area contributed by atoms with Crippen molar-refractivity contribution in [3.8, 4) is 0 Å². The molecule has 2 heterocycles. The molecule has 9 heavy (non-hydrogen) atoms. The van der Waals surface area contributed by atoms with E-state index in [9.17, 15) is 0 Å². The maximum absolute atomic E-state index is 3.35. The Kier molecular flexibility index (Phi) is 1.19. The van der Waals surface area contributed by atoms with Crippen LogP contribution in [-0.2, 0) is 0 Å². The lowest BCUT2D eigenvalue weighted by Gasteiger charge is -2.27. The number of rotatable bonds is 0. The highest BCUT2D eigenvalue weighted by atomic mass is 15.2. The van der Waals surface area contributed by atoms with Gasteiger partial charge in [-0.3, -0.25) is 0 Å². The molecule has 1 N–H and O–H groups in total. The van der Waals surface area contributed by atoms with Crippen LogP contribution >= 0.6 is 0 Å². The largest absolute Gasteiger partial charge is 0.372 e. The van der Waals surface area contributed by atoms with Gasteiger partial charge in [0.2, 0.25) is 0 Å². The lowest BCUT2D eigenvalue weighted by atomic mass is 10.3. The van der Waals surface area contributed by atoms with Crippen molar-refractivity contribution in [2.75, 3.05) is 26.2 Å². The van der Waals surface area contributed by atoms with Gasteiger partial charge in [-0.2, -0.15) is 0 Å². The van der Waals surface area contributed by atoms with Crippen LogP contribution in [0, 0.1) is 0 Å². The molecule has 0 aliphatic carbocycles. The summed E-state index contributed by atoms with van der Waals surface area (Å²) in [6.07, 6.45) is 3.60. The zero-order valence-corrected chi connectivity index (χ0v) is 5.56. The molecule has 0 spiro atoms. The Morgan fingerprint density at radius 1 is 1.44 bits per heavy atom. The Labute approximate surface area is 55.5 Å². The molecule has 50 valence electrons. The minimum atomic E-state index is 1.10. The van der Waals surface area contributed by atoms with Crippen LogP contribution in [0.1, 0.15) is 6.42 Å². The van der Waals surface area contributed by atoms with Gasteiger partial charge in [-0.25, -0.2) is 0 Å². The summed E-state index contributed by atoms with van der Waals surface area (Å²) in [5.41, 5.74) is 1.52. The average Bonchev–Trinajstić information content (AvgIpc) is 2.33. The molecule has 0 bridgehead atoms. The zero-order chi connectivity index (χ0) is 6.10. The molecule has 0 amide bonds. The predicted octanol–water partition coefficient (Wildman–Crippen LogP) is 0.179. The molecule has 2 aliphatic heterocycles. The monoisotopic (exact) mass is 124 g/mol. The molecule has 0 atom stereocenters. The molecule has 0 aromatic carbocycles. The summed E-state index contributed by atoms with van der Waals surface area (Å²) in [6, 6.07) is 0. The van der Waals surface area contributed by atoms with E-state index in [4.69, 9.17) is 0 Å². The second-order valence-electron chi connectivity index (χ2n) is 2.65. The third kappa shape index (κ3) is 0.833. The quantitative estimate of drug-likeness (QED) is 0.495. The molecule has 1 saturated heterocycles. The van der Waals surface area contributed by atoms with Crippen molar-refractivity contribution in [2.24, 2.45) is 0 Å². The molecule has 0 saturated carbocycles. The summed E-state index contributed by atoms with van der Waals surface area (Å²) in [6.45, 7) is 4.74. The smallest absolute Gasteiger partial charge is 0.0353 e. The number of nitrogens with one attached hydrogen (secondary N) is 1. The van der Waals surface area contributed by atoms with Crippen LogP contribution in [0.3, 0.4) is 0 Å². The number of hydrogen-bond donors (Lipinski definition) is 1. The third-order valence-corrected chi connectivity index (χ3v) is 2.05. The Bertz CT molecular complexity index is 140. The van der Waals surface area contributed by atoms with Crippen LogP contribution in [-0.4, -0.2) is 31.1 Å². The first-order chi connectivity index (χ1) is 4.47. The summed E-state index contributed by atoms with van der Waals surface area (Å²) in [5.74, 6) is 0. The summed E-state index contributed by atoms with van der Waals surface area (Å²) in [5, 5.41) is 3.35. The molecule has 2 nitrogen and oxygen atoms in total. The number of nitrogens with zero attached hydrogens (tertiary/aromatic N) is 1. The molecule has 0 aromatic heterocycles. The van der Waals surface area contributed by atoms with Crippen LogP contribution in [0.5, 0.6) is 0 Å². The van der Waals surface area contributed by atoms with Crippen molar-refractivity contribution in [1.82, 2.24) is 10.2 Å². The van der Waals surface area contributed by atoms with Gasteiger partial charge in [0.1, 0.15) is 0 Å². The first kappa shape index (κ1) is 5.30. The van der Waals surface area contributed by atoms with Gasteiger partial charge in [0.25, 0.3) is 0 Å². The van der Waals surface area contributed by atoms with Crippen LogP contribution in [0.25, 0.3) is 0 Å². The van der Waals surface area contributed by atoms with Crippen molar-refractivity contribution in [1.29, 1.82) is 0 Å². The number of hydrogen-bond acceptors (Lipinski definition) is 2. The predicted molar refractivity (Wildman–Crippen MR) is 37.1 cm³/mol. The summed E-state index contributed by atoms with van der Waals surface area (Å²) < 4.78 is 0. The first-order valence-electron chi connectivity index (χ1n) is 3.61. The Morgan fingerprint density at radius 2 is 2.44 bits per heavy atom. The van der Waals surface area contributed by atoms with E-state index < -0.39 is 0 Å². The molecule has 1 fully saturated rings. The normalized spacial score (nSPS) is 25.8. The van der Waals surface area contributed by atoms with E-state index in [0.717, 1.165) is 13.1 Å². The van der Waals surface area contributed by atoms with Gasteiger partial charge < -0.3 is 10.2 Å². The molecular weight excluding hydrogens is 112 g/mol. The van der Waals surface area contributed by atoms with Gasteiger partial charge in [-0.05, 0) is 6.42 Å². The van der Waals surface area contributed by atoms with Gasteiger partial charge in [-0.1, -0.05) is 6.08 Å². The fourth-order valence-electron chi connectivity index (χ4n) is 1.53. The van der Waals surface area contributed by atoms with Gasteiger partial charge in [-0.15, -0.1) is 0 Å². The highest BCUT2D eigenvalue weighted by molar-refractivity contribution is 5.11. The van der Waals surface area contributed by atoms with Crippen LogP contribution < -0.4 is 5.32 Å². The maximum Gasteiger partial charge on any atom is 0.0353 e.